The number of rotatable bonds is 5. The summed E-state index contributed by atoms with van der Waals surface area (Å²) in [6.45, 7) is 4.57. The lowest BCUT2D eigenvalue weighted by Crippen LogP contribution is -2.33. The number of nitrogens with one attached hydrogen (secondary N) is 1. The molecule has 0 amide bonds. The topological polar surface area (TPSA) is 12.0 Å². The van der Waals surface area contributed by atoms with Gasteiger partial charge in [0.15, 0.2) is 0 Å². The van der Waals surface area contributed by atoms with Crippen LogP contribution in [-0.2, 0) is 6.42 Å². The lowest BCUT2D eigenvalue weighted by molar-refractivity contribution is 0.388. The first-order valence-corrected chi connectivity index (χ1v) is 5.85. The van der Waals surface area contributed by atoms with E-state index in [9.17, 15) is 0 Å². The van der Waals surface area contributed by atoms with Gasteiger partial charge in [-0.3, -0.25) is 0 Å². The number of hydrogen-bond acceptors (Lipinski definition) is 2. The van der Waals surface area contributed by atoms with Gasteiger partial charge in [-0.05, 0) is 30.8 Å². The van der Waals surface area contributed by atoms with Gasteiger partial charge in [-0.2, -0.15) is 0 Å². The quantitative estimate of drug-likeness (QED) is 0.765. The van der Waals surface area contributed by atoms with Crippen molar-refractivity contribution in [1.82, 2.24) is 5.32 Å². The molecule has 0 fully saturated rings. The zero-order valence-electron chi connectivity index (χ0n) is 8.71. The molecule has 0 aliphatic rings. The first-order chi connectivity index (χ1) is 6.27. The van der Waals surface area contributed by atoms with Crippen LogP contribution in [0.3, 0.4) is 0 Å². The van der Waals surface area contributed by atoms with Crippen molar-refractivity contribution in [2.45, 2.75) is 32.7 Å². The molecular formula is C11H19NS. The molecule has 2 atom stereocenters. The second-order valence-electron chi connectivity index (χ2n) is 3.56. The highest BCUT2D eigenvalue weighted by Gasteiger charge is 2.14. The molecule has 0 spiro atoms. The summed E-state index contributed by atoms with van der Waals surface area (Å²) >= 11 is 1.85. The highest BCUT2D eigenvalue weighted by Crippen LogP contribution is 2.16. The van der Waals surface area contributed by atoms with Crippen LogP contribution in [0, 0.1) is 5.92 Å². The monoisotopic (exact) mass is 197 g/mol. The van der Waals surface area contributed by atoms with Crippen molar-refractivity contribution in [3.8, 4) is 0 Å². The van der Waals surface area contributed by atoms with Gasteiger partial charge in [-0.25, -0.2) is 0 Å². The smallest absolute Gasteiger partial charge is 0.0138 e. The summed E-state index contributed by atoms with van der Waals surface area (Å²) in [6.07, 6.45) is 2.42. The van der Waals surface area contributed by atoms with E-state index in [2.05, 4.69) is 43.7 Å². The standard InChI is InChI=1S/C11H19NS/c1-4-9(2)11(12-3)8-10-6-5-7-13-10/h5-7,9,11-12H,4,8H2,1-3H3. The van der Waals surface area contributed by atoms with E-state index < -0.39 is 0 Å². The summed E-state index contributed by atoms with van der Waals surface area (Å²) < 4.78 is 0. The Morgan fingerprint density at radius 2 is 2.31 bits per heavy atom. The van der Waals surface area contributed by atoms with Crippen molar-refractivity contribution >= 4 is 11.3 Å². The van der Waals surface area contributed by atoms with Gasteiger partial charge in [-0.1, -0.05) is 26.3 Å². The first-order valence-electron chi connectivity index (χ1n) is 4.97. The van der Waals surface area contributed by atoms with E-state index in [4.69, 9.17) is 0 Å². The third kappa shape index (κ3) is 3.12. The average Bonchev–Trinajstić information content (AvgIpc) is 2.65. The Morgan fingerprint density at radius 1 is 1.54 bits per heavy atom. The van der Waals surface area contributed by atoms with Crippen LogP contribution in [-0.4, -0.2) is 13.1 Å². The molecule has 0 saturated carbocycles. The third-order valence-corrected chi connectivity index (χ3v) is 3.60. The zero-order chi connectivity index (χ0) is 9.68. The Kier molecular flexibility index (Phi) is 4.46. The van der Waals surface area contributed by atoms with E-state index in [1.807, 2.05) is 11.3 Å². The Balaban J connectivity index is 2.49. The van der Waals surface area contributed by atoms with Crippen molar-refractivity contribution in [2.75, 3.05) is 7.05 Å². The SMILES string of the molecule is CCC(C)C(Cc1cccs1)NC. The molecule has 1 aromatic heterocycles. The van der Waals surface area contributed by atoms with Gasteiger partial charge < -0.3 is 5.32 Å². The summed E-state index contributed by atoms with van der Waals surface area (Å²) in [5.41, 5.74) is 0. The van der Waals surface area contributed by atoms with E-state index in [-0.39, 0.29) is 0 Å². The Labute approximate surface area is 85.2 Å². The Morgan fingerprint density at radius 3 is 2.77 bits per heavy atom. The Hall–Kier alpha value is -0.340. The molecule has 74 valence electrons. The fourth-order valence-corrected chi connectivity index (χ4v) is 2.28. The van der Waals surface area contributed by atoms with Crippen LogP contribution in [0.4, 0.5) is 0 Å². The number of hydrogen-bond donors (Lipinski definition) is 1. The van der Waals surface area contributed by atoms with Crippen LogP contribution in [0.1, 0.15) is 25.1 Å². The molecule has 0 saturated heterocycles. The Bertz CT molecular complexity index is 218. The van der Waals surface area contributed by atoms with E-state index >= 15 is 0 Å². The van der Waals surface area contributed by atoms with E-state index in [0.29, 0.717) is 6.04 Å². The van der Waals surface area contributed by atoms with Gasteiger partial charge in [0.05, 0.1) is 0 Å². The minimum atomic E-state index is 0.628. The fraction of sp³-hybridized carbons (Fsp3) is 0.636. The van der Waals surface area contributed by atoms with Crippen molar-refractivity contribution in [3.63, 3.8) is 0 Å². The van der Waals surface area contributed by atoms with Gasteiger partial charge in [0.25, 0.3) is 0 Å². The molecule has 1 aromatic rings. The lowest BCUT2D eigenvalue weighted by atomic mass is 9.96. The fourth-order valence-electron chi connectivity index (χ4n) is 1.52. The highest BCUT2D eigenvalue weighted by molar-refractivity contribution is 7.09. The van der Waals surface area contributed by atoms with Crippen molar-refractivity contribution < 1.29 is 0 Å². The molecule has 0 aliphatic heterocycles. The predicted molar refractivity (Wildman–Crippen MR) is 60.3 cm³/mol. The molecule has 0 aliphatic carbocycles. The number of likely N-dealkylation sites (N-methyl/N-ethyl adjacent to an activating group) is 1. The van der Waals surface area contributed by atoms with E-state index in [1.165, 1.54) is 17.7 Å². The van der Waals surface area contributed by atoms with Gasteiger partial charge in [0.1, 0.15) is 0 Å². The summed E-state index contributed by atoms with van der Waals surface area (Å²) in [4.78, 5) is 1.49. The molecule has 2 unspecified atom stereocenters. The maximum Gasteiger partial charge on any atom is 0.0138 e. The van der Waals surface area contributed by atoms with Crippen LogP contribution in [0.15, 0.2) is 17.5 Å². The highest BCUT2D eigenvalue weighted by atomic mass is 32.1. The third-order valence-electron chi connectivity index (χ3n) is 2.70. The van der Waals surface area contributed by atoms with Gasteiger partial charge in [0.2, 0.25) is 0 Å². The van der Waals surface area contributed by atoms with Crippen LogP contribution < -0.4 is 5.32 Å². The zero-order valence-corrected chi connectivity index (χ0v) is 9.53. The molecule has 0 aromatic carbocycles. The largest absolute Gasteiger partial charge is 0.316 e. The van der Waals surface area contributed by atoms with Crippen LogP contribution in [0.5, 0.6) is 0 Å². The first kappa shape index (κ1) is 10.7. The molecule has 0 bridgehead atoms. The van der Waals surface area contributed by atoms with Crippen LogP contribution >= 0.6 is 11.3 Å². The maximum absolute atomic E-state index is 3.40. The lowest BCUT2D eigenvalue weighted by Gasteiger charge is -2.21. The molecular weight excluding hydrogens is 178 g/mol. The predicted octanol–water partition coefficient (Wildman–Crippen LogP) is 2.92. The molecule has 1 heterocycles. The molecule has 1 rings (SSSR count). The van der Waals surface area contributed by atoms with E-state index in [0.717, 1.165) is 5.92 Å². The summed E-state index contributed by atoms with van der Waals surface area (Å²) in [5, 5.41) is 5.55. The van der Waals surface area contributed by atoms with E-state index in [1.54, 1.807) is 0 Å². The van der Waals surface area contributed by atoms with Crippen LogP contribution in [0.25, 0.3) is 0 Å². The van der Waals surface area contributed by atoms with Gasteiger partial charge in [-0.15, -0.1) is 11.3 Å². The maximum atomic E-state index is 3.40. The van der Waals surface area contributed by atoms with Gasteiger partial charge in [0, 0.05) is 10.9 Å². The van der Waals surface area contributed by atoms with Crippen molar-refractivity contribution in [3.05, 3.63) is 22.4 Å². The second-order valence-corrected chi connectivity index (χ2v) is 4.60. The second kappa shape index (κ2) is 5.40. The minimum Gasteiger partial charge on any atom is -0.316 e. The number of thiophene rings is 1. The molecule has 0 radical (unpaired) electrons. The summed E-state index contributed by atoms with van der Waals surface area (Å²) in [6, 6.07) is 4.98. The summed E-state index contributed by atoms with van der Waals surface area (Å²) in [7, 11) is 2.06. The van der Waals surface area contributed by atoms with Crippen molar-refractivity contribution in [2.24, 2.45) is 5.92 Å². The van der Waals surface area contributed by atoms with Crippen LogP contribution in [0.2, 0.25) is 0 Å². The van der Waals surface area contributed by atoms with Crippen molar-refractivity contribution in [1.29, 1.82) is 0 Å². The molecule has 1 nitrogen and oxygen atoms in total. The normalized spacial score (nSPS) is 15.6. The molecule has 2 heteroatoms. The minimum absolute atomic E-state index is 0.628. The summed E-state index contributed by atoms with van der Waals surface area (Å²) in [5.74, 6) is 0.757. The molecule has 1 N–H and O–H groups in total. The van der Waals surface area contributed by atoms with Gasteiger partial charge >= 0.3 is 0 Å². The molecule has 13 heavy (non-hydrogen) atoms. The average molecular weight is 197 g/mol.